The molecule has 180 valence electrons. The molecule has 4 rings (SSSR count). The minimum atomic E-state index is -0.881. The maximum absolute atomic E-state index is 10.8. The van der Waals surface area contributed by atoms with Crippen LogP contribution in [0.5, 0.6) is 0 Å². The zero-order chi connectivity index (χ0) is 23.5. The summed E-state index contributed by atoms with van der Waals surface area (Å²) in [5.41, 5.74) is 3.39. The van der Waals surface area contributed by atoms with Crippen LogP contribution in [-0.4, -0.2) is 77.2 Å². The molecule has 0 radical (unpaired) electrons. The van der Waals surface area contributed by atoms with Crippen molar-refractivity contribution in [1.82, 2.24) is 5.32 Å². The number of aliphatic hydroxyl groups excluding tert-OH is 4. The van der Waals surface area contributed by atoms with E-state index in [1.807, 2.05) is 12.1 Å². The lowest BCUT2D eigenvalue weighted by molar-refractivity contribution is -0.206. The van der Waals surface area contributed by atoms with Crippen molar-refractivity contribution in [2.24, 2.45) is 5.92 Å². The molecule has 2 heterocycles. The number of ether oxygens (including phenoxy) is 1. The number of para-hydroxylation sites is 1. The predicted octanol–water partition coefficient (Wildman–Crippen LogP) is 2.06. The number of hydrogen-bond acceptors (Lipinski definition) is 8. The molecule has 2 aromatic rings. The Morgan fingerprint density at radius 1 is 1.06 bits per heavy atom. The van der Waals surface area contributed by atoms with Gasteiger partial charge in [-0.1, -0.05) is 36.9 Å². The molecule has 2 aromatic carbocycles. The first kappa shape index (κ1) is 24.5. The number of hydrogen-bond donors (Lipinski definition) is 5. The molecule has 5 N–H and O–H groups in total. The summed E-state index contributed by atoms with van der Waals surface area (Å²) in [5, 5.41) is 44.0. The molecule has 0 amide bonds. The van der Waals surface area contributed by atoms with E-state index in [9.17, 15) is 20.4 Å². The predicted molar refractivity (Wildman–Crippen MR) is 129 cm³/mol. The molecular weight excluding hydrogens is 440 g/mol. The van der Waals surface area contributed by atoms with Crippen molar-refractivity contribution >= 4 is 23.1 Å². The number of aliphatic hydroxyl groups is 4. The van der Waals surface area contributed by atoms with E-state index in [1.165, 1.54) is 15.4 Å². The second kappa shape index (κ2) is 10.7. The zero-order valence-corrected chi connectivity index (χ0v) is 19.9. The Morgan fingerprint density at radius 3 is 2.58 bits per heavy atom. The molecule has 0 aromatic heterocycles. The monoisotopic (exact) mass is 474 g/mol. The van der Waals surface area contributed by atoms with Gasteiger partial charge in [0.05, 0.1) is 48.9 Å². The third kappa shape index (κ3) is 5.38. The van der Waals surface area contributed by atoms with Crippen molar-refractivity contribution in [3.8, 4) is 0 Å². The van der Waals surface area contributed by atoms with E-state index >= 15 is 0 Å². The van der Waals surface area contributed by atoms with Crippen LogP contribution in [0.3, 0.4) is 0 Å². The molecule has 0 saturated carbocycles. The lowest BCUT2D eigenvalue weighted by Gasteiger charge is -2.41. The number of fused-ring (bicyclic) bond motifs is 2. The number of aryl methyl sites for hydroxylation is 1. The number of benzene rings is 2. The van der Waals surface area contributed by atoms with Crippen LogP contribution in [0.1, 0.15) is 18.9 Å². The highest BCUT2D eigenvalue weighted by atomic mass is 32.2. The molecule has 2 aliphatic rings. The average molecular weight is 475 g/mol. The number of rotatable bonds is 8. The molecule has 0 bridgehead atoms. The molecule has 6 atom stereocenters. The Bertz CT molecular complexity index is 943. The standard InChI is InChI=1S/C25H34N2O5S/c1-15-7-8-23-19(11-15)27(18-5-3-4-6-22(18)33-23)13-17(29)12-26-10-9-20-24(30)16(2)25(31)21(14-28)32-20/h3-8,11,16-17,20-21,24-26,28-31H,9-10,12-14H2,1-2H3/t16-,17?,20-,21-,24-,25+/m1/s1. The van der Waals surface area contributed by atoms with E-state index in [1.54, 1.807) is 18.7 Å². The summed E-state index contributed by atoms with van der Waals surface area (Å²) >= 11 is 1.75. The quantitative estimate of drug-likeness (QED) is 0.370. The van der Waals surface area contributed by atoms with Crippen molar-refractivity contribution in [3.63, 3.8) is 0 Å². The van der Waals surface area contributed by atoms with Crippen LogP contribution < -0.4 is 10.2 Å². The molecule has 0 aliphatic carbocycles. The normalized spacial score (nSPS) is 27.7. The van der Waals surface area contributed by atoms with Gasteiger partial charge in [0.25, 0.3) is 0 Å². The number of nitrogens with zero attached hydrogens (tertiary/aromatic N) is 1. The van der Waals surface area contributed by atoms with Crippen molar-refractivity contribution in [2.45, 2.75) is 60.6 Å². The Labute approximate surface area is 199 Å². The Hall–Kier alpha value is -1.65. The van der Waals surface area contributed by atoms with Gasteiger partial charge in [-0.3, -0.25) is 0 Å². The minimum Gasteiger partial charge on any atom is -0.394 e. The van der Waals surface area contributed by atoms with Gasteiger partial charge in [-0.25, -0.2) is 0 Å². The van der Waals surface area contributed by atoms with Crippen LogP contribution in [0.2, 0.25) is 0 Å². The first-order valence-electron chi connectivity index (χ1n) is 11.6. The summed E-state index contributed by atoms with van der Waals surface area (Å²) in [4.78, 5) is 4.54. The first-order valence-corrected chi connectivity index (χ1v) is 12.4. The summed E-state index contributed by atoms with van der Waals surface area (Å²) in [6.07, 6.45) is -2.90. The van der Waals surface area contributed by atoms with Crippen LogP contribution >= 0.6 is 11.8 Å². The van der Waals surface area contributed by atoms with E-state index < -0.39 is 30.5 Å². The highest BCUT2D eigenvalue weighted by Gasteiger charge is 2.41. The fourth-order valence-corrected chi connectivity index (χ4v) is 5.65. The van der Waals surface area contributed by atoms with Crippen molar-refractivity contribution in [1.29, 1.82) is 0 Å². The summed E-state index contributed by atoms with van der Waals surface area (Å²) in [7, 11) is 0. The Kier molecular flexibility index (Phi) is 7.96. The zero-order valence-electron chi connectivity index (χ0n) is 19.1. The molecule has 0 spiro atoms. The van der Waals surface area contributed by atoms with Gasteiger partial charge in [0.2, 0.25) is 0 Å². The van der Waals surface area contributed by atoms with E-state index in [4.69, 9.17) is 4.74 Å². The van der Waals surface area contributed by atoms with Gasteiger partial charge < -0.3 is 35.4 Å². The largest absolute Gasteiger partial charge is 0.394 e. The molecule has 7 nitrogen and oxygen atoms in total. The molecule has 33 heavy (non-hydrogen) atoms. The topological polar surface area (TPSA) is 105 Å². The fraction of sp³-hybridized carbons (Fsp3) is 0.520. The van der Waals surface area contributed by atoms with Gasteiger partial charge in [-0.2, -0.15) is 0 Å². The van der Waals surface area contributed by atoms with Gasteiger partial charge in [0.15, 0.2) is 0 Å². The second-order valence-corrected chi connectivity index (χ2v) is 10.1. The van der Waals surface area contributed by atoms with Crippen molar-refractivity contribution < 1.29 is 25.2 Å². The van der Waals surface area contributed by atoms with Gasteiger partial charge in [-0.05, 0) is 49.7 Å². The summed E-state index contributed by atoms with van der Waals surface area (Å²) in [5.74, 6) is -0.368. The van der Waals surface area contributed by atoms with Crippen LogP contribution in [0.25, 0.3) is 0 Å². The van der Waals surface area contributed by atoms with Crippen LogP contribution in [0.4, 0.5) is 11.4 Å². The maximum Gasteiger partial charge on any atom is 0.107 e. The second-order valence-electron chi connectivity index (χ2n) is 9.03. The van der Waals surface area contributed by atoms with E-state index in [0.29, 0.717) is 26.1 Å². The fourth-order valence-electron chi connectivity index (χ4n) is 4.58. The van der Waals surface area contributed by atoms with Gasteiger partial charge in [0, 0.05) is 22.3 Å². The van der Waals surface area contributed by atoms with Crippen LogP contribution in [0, 0.1) is 12.8 Å². The molecule has 2 aliphatic heterocycles. The van der Waals surface area contributed by atoms with Crippen molar-refractivity contribution in [3.05, 3.63) is 48.0 Å². The Morgan fingerprint density at radius 2 is 1.79 bits per heavy atom. The molecule has 1 fully saturated rings. The number of β-amino-alcohol motifs (C(OH)–C–C–N with tert-alkyl or cyclic N) is 1. The third-order valence-corrected chi connectivity index (χ3v) is 7.66. The highest BCUT2D eigenvalue weighted by Crippen LogP contribution is 2.48. The third-order valence-electron chi connectivity index (χ3n) is 6.53. The number of anilines is 2. The summed E-state index contributed by atoms with van der Waals surface area (Å²) < 4.78 is 5.69. The van der Waals surface area contributed by atoms with E-state index in [0.717, 1.165) is 11.4 Å². The van der Waals surface area contributed by atoms with Gasteiger partial charge in [0.1, 0.15) is 6.10 Å². The molecular formula is C25H34N2O5S. The van der Waals surface area contributed by atoms with E-state index in [-0.39, 0.29) is 12.5 Å². The minimum absolute atomic E-state index is 0.280. The molecule has 1 unspecified atom stereocenters. The van der Waals surface area contributed by atoms with Crippen LogP contribution in [-0.2, 0) is 4.74 Å². The number of nitrogens with one attached hydrogen (secondary N) is 1. The lowest BCUT2D eigenvalue weighted by atomic mass is 9.86. The van der Waals surface area contributed by atoms with E-state index in [2.05, 4.69) is 47.5 Å². The summed E-state index contributed by atoms with van der Waals surface area (Å²) in [6, 6.07) is 14.6. The molecule has 8 heteroatoms. The van der Waals surface area contributed by atoms with Crippen LogP contribution in [0.15, 0.2) is 52.3 Å². The van der Waals surface area contributed by atoms with Gasteiger partial charge in [-0.15, -0.1) is 0 Å². The SMILES string of the molecule is Cc1ccc2c(c1)N(CC(O)CNCC[C@H]1O[C@H](CO)[C@@H](O)[C@H](C)[C@H]1O)c1ccccc1S2. The Balaban J connectivity index is 1.33. The average Bonchev–Trinajstić information content (AvgIpc) is 2.81. The highest BCUT2D eigenvalue weighted by molar-refractivity contribution is 7.99. The lowest BCUT2D eigenvalue weighted by Crippen LogP contribution is -2.54. The van der Waals surface area contributed by atoms with Crippen molar-refractivity contribution in [2.75, 3.05) is 31.1 Å². The maximum atomic E-state index is 10.8. The van der Waals surface area contributed by atoms with Gasteiger partial charge >= 0.3 is 0 Å². The summed E-state index contributed by atoms with van der Waals surface area (Å²) in [6.45, 7) is 4.96. The smallest absolute Gasteiger partial charge is 0.107 e. The first-order chi connectivity index (χ1) is 15.9. The molecule has 1 saturated heterocycles.